The number of rotatable bonds is 8. The summed E-state index contributed by atoms with van der Waals surface area (Å²) in [6.07, 6.45) is 7.97. The van der Waals surface area contributed by atoms with E-state index in [0.717, 1.165) is 52.2 Å². The Morgan fingerprint density at radius 2 is 1.09 bits per heavy atom. The van der Waals surface area contributed by atoms with Gasteiger partial charge in [-0.15, -0.1) is 0 Å². The van der Waals surface area contributed by atoms with Gasteiger partial charge in [0.25, 0.3) is 0 Å². The first-order valence-electron chi connectivity index (χ1n) is 15.8. The normalized spacial score (nSPS) is 12.5. The molecule has 0 atom stereocenters. The third-order valence-corrected chi connectivity index (χ3v) is 11.4. The Balaban J connectivity index is 1.45. The molecule has 6 nitrogen and oxygen atoms in total. The number of hydrogen-bond acceptors (Lipinski definition) is 3. The molecule has 2 heterocycles. The minimum atomic E-state index is -3.91. The molecule has 0 radical (unpaired) electrons. The number of hydrogen-bond donors (Lipinski definition) is 0. The van der Waals surface area contributed by atoms with Crippen molar-refractivity contribution in [2.45, 2.75) is 12.8 Å². The molecular weight excluding hydrogens is 597 g/mol. The fourth-order valence-electron chi connectivity index (χ4n) is 6.50. The molecule has 228 valence electrons. The molecule has 1 aliphatic rings. The van der Waals surface area contributed by atoms with Crippen LogP contribution in [0.4, 0.5) is 22.7 Å². The molecule has 7 heteroatoms. The number of allylic oxidation sites excluding steroid dienone is 1. The predicted octanol–water partition coefficient (Wildman–Crippen LogP) is 9.87. The van der Waals surface area contributed by atoms with E-state index in [-0.39, 0.29) is 0 Å². The maximum Gasteiger partial charge on any atom is 0.319 e. The van der Waals surface area contributed by atoms with E-state index in [1.54, 1.807) is 12.3 Å². The first-order chi connectivity index (χ1) is 23.2. The Labute approximate surface area is 274 Å². The van der Waals surface area contributed by atoms with E-state index in [1.807, 2.05) is 137 Å². The lowest BCUT2D eigenvalue weighted by atomic mass is 10.0. The molecule has 5 aromatic carbocycles. The molecule has 0 saturated carbocycles. The lowest BCUT2D eigenvalue weighted by Crippen LogP contribution is -2.34. The molecule has 0 spiro atoms. The highest BCUT2D eigenvalue weighted by Gasteiger charge is 2.44. The largest absolute Gasteiger partial charge is 0.319 e. The van der Waals surface area contributed by atoms with Crippen molar-refractivity contribution >= 4 is 52.6 Å². The van der Waals surface area contributed by atoms with Crippen LogP contribution >= 0.6 is 7.44 Å². The first-order valence-corrected chi connectivity index (χ1v) is 17.4. The Morgan fingerprint density at radius 3 is 1.62 bits per heavy atom. The Morgan fingerprint density at radius 1 is 0.596 bits per heavy atom. The van der Waals surface area contributed by atoms with Crippen LogP contribution in [0.3, 0.4) is 0 Å². The Kier molecular flexibility index (Phi) is 7.48. The number of aromatic nitrogens is 3. The Hall–Kier alpha value is -5.71. The van der Waals surface area contributed by atoms with Crippen LogP contribution in [0, 0.1) is 0 Å². The van der Waals surface area contributed by atoms with Gasteiger partial charge < -0.3 is 0 Å². The van der Waals surface area contributed by atoms with Gasteiger partial charge in [-0.05, 0) is 73.5 Å². The summed E-state index contributed by atoms with van der Waals surface area (Å²) < 4.78 is 22.9. The van der Waals surface area contributed by atoms with Crippen molar-refractivity contribution in [2.24, 2.45) is 0 Å². The molecule has 47 heavy (non-hydrogen) atoms. The van der Waals surface area contributed by atoms with Crippen LogP contribution in [0.25, 0.3) is 22.9 Å². The van der Waals surface area contributed by atoms with Crippen molar-refractivity contribution in [3.8, 4) is 5.95 Å². The predicted molar refractivity (Wildman–Crippen MR) is 194 cm³/mol. The zero-order valence-corrected chi connectivity index (χ0v) is 26.6. The van der Waals surface area contributed by atoms with E-state index in [0.29, 0.717) is 11.4 Å². The molecule has 0 unspecified atom stereocenters. The lowest BCUT2D eigenvalue weighted by molar-refractivity contribution is 0.580. The molecule has 0 bridgehead atoms. The molecule has 7 aromatic rings. The lowest BCUT2D eigenvalue weighted by Gasteiger charge is -2.41. The monoisotopic (exact) mass is 629 g/mol. The third-order valence-electron chi connectivity index (χ3n) is 8.52. The summed E-state index contributed by atoms with van der Waals surface area (Å²) in [4.78, 5) is 10.1. The van der Waals surface area contributed by atoms with E-state index in [9.17, 15) is 0 Å². The fourth-order valence-corrected chi connectivity index (χ4v) is 9.36. The highest BCUT2D eigenvalue weighted by molar-refractivity contribution is 7.75. The molecule has 0 aliphatic heterocycles. The SMILES string of the molecule is O=P(c1ccnc(-n2c3c(c4ccccc42)C=CCC3)n1)(N(c1ccccc1)c1ccccc1)N(c1ccccc1)c1ccccc1. The average molecular weight is 630 g/mol. The summed E-state index contributed by atoms with van der Waals surface area (Å²) in [6.45, 7) is 0. The van der Waals surface area contributed by atoms with Crippen LogP contribution in [-0.2, 0) is 11.0 Å². The van der Waals surface area contributed by atoms with Crippen molar-refractivity contribution in [2.75, 3.05) is 9.34 Å². The van der Waals surface area contributed by atoms with Crippen molar-refractivity contribution < 1.29 is 4.57 Å². The highest BCUT2D eigenvalue weighted by Crippen LogP contribution is 2.62. The number of para-hydroxylation sites is 5. The second-order valence-electron chi connectivity index (χ2n) is 11.4. The van der Waals surface area contributed by atoms with Crippen LogP contribution in [0.1, 0.15) is 17.7 Å². The molecular formula is C40H32N5OP. The standard InChI is InChI=1S/C40H32N5OP/c46-47(44(31-17-5-1-6-18-31)32-19-7-2-8-20-32,45(33-21-9-3-10-22-33)34-23-11-4-12-24-34)39-29-30-41-40(42-39)43-37-27-15-13-25-35(37)36-26-14-16-28-38(36)43/h1-15,17-27,29-30H,16,28H2. The molecule has 0 fully saturated rings. The summed E-state index contributed by atoms with van der Waals surface area (Å²) in [5, 5.41) is 1.15. The third kappa shape index (κ3) is 5.04. The van der Waals surface area contributed by atoms with Gasteiger partial charge in [0, 0.05) is 45.6 Å². The number of nitrogens with zero attached hydrogens (tertiary/aromatic N) is 5. The average Bonchev–Trinajstić information content (AvgIpc) is 3.48. The Bertz CT molecular complexity index is 2070. The van der Waals surface area contributed by atoms with Crippen LogP contribution < -0.4 is 14.8 Å². The summed E-state index contributed by atoms with van der Waals surface area (Å²) in [6, 6.07) is 49.8. The van der Waals surface area contributed by atoms with Crippen LogP contribution in [-0.4, -0.2) is 14.5 Å². The van der Waals surface area contributed by atoms with Crippen LogP contribution in [0.5, 0.6) is 0 Å². The number of fused-ring (bicyclic) bond motifs is 3. The van der Waals surface area contributed by atoms with E-state index >= 15 is 4.57 Å². The second kappa shape index (κ2) is 12.2. The quantitative estimate of drug-likeness (QED) is 0.157. The van der Waals surface area contributed by atoms with E-state index in [2.05, 4.69) is 34.9 Å². The summed E-state index contributed by atoms with van der Waals surface area (Å²) in [5.74, 6) is 0.498. The van der Waals surface area contributed by atoms with Crippen molar-refractivity contribution in [1.82, 2.24) is 14.5 Å². The molecule has 0 saturated heterocycles. The molecule has 0 N–H and O–H groups in total. The minimum absolute atomic E-state index is 0.417. The first kappa shape index (κ1) is 28.7. The fraction of sp³-hybridized carbons (Fsp3) is 0.0500. The molecule has 0 amide bonds. The van der Waals surface area contributed by atoms with Gasteiger partial charge in [-0.2, -0.15) is 0 Å². The summed E-state index contributed by atoms with van der Waals surface area (Å²) in [7, 11) is -3.91. The van der Waals surface area contributed by atoms with Crippen molar-refractivity contribution in [3.05, 3.63) is 175 Å². The van der Waals surface area contributed by atoms with Gasteiger partial charge in [0.2, 0.25) is 5.95 Å². The number of benzene rings is 5. The van der Waals surface area contributed by atoms with Crippen molar-refractivity contribution in [1.29, 1.82) is 0 Å². The maximum absolute atomic E-state index is 16.8. The zero-order chi connectivity index (χ0) is 31.6. The number of anilines is 4. The summed E-state index contributed by atoms with van der Waals surface area (Å²) in [5.41, 5.74) is 6.94. The topological polar surface area (TPSA) is 54.3 Å². The van der Waals surface area contributed by atoms with Crippen LogP contribution in [0.2, 0.25) is 0 Å². The highest BCUT2D eigenvalue weighted by atomic mass is 31.2. The molecule has 2 aromatic heterocycles. The van der Waals surface area contributed by atoms with Gasteiger partial charge in [0.1, 0.15) is 5.44 Å². The minimum Gasteiger partial charge on any atom is -0.282 e. The van der Waals surface area contributed by atoms with E-state index in [4.69, 9.17) is 9.97 Å². The van der Waals surface area contributed by atoms with Gasteiger partial charge in [-0.1, -0.05) is 103 Å². The second-order valence-corrected chi connectivity index (χ2v) is 13.7. The molecule has 1 aliphatic carbocycles. The van der Waals surface area contributed by atoms with Gasteiger partial charge >= 0.3 is 7.44 Å². The van der Waals surface area contributed by atoms with E-state index in [1.165, 1.54) is 5.56 Å². The molecule has 8 rings (SSSR count). The van der Waals surface area contributed by atoms with E-state index < -0.39 is 7.44 Å². The van der Waals surface area contributed by atoms with Crippen molar-refractivity contribution in [3.63, 3.8) is 0 Å². The zero-order valence-electron chi connectivity index (χ0n) is 25.7. The van der Waals surface area contributed by atoms with Gasteiger partial charge in [-0.3, -0.25) is 18.5 Å². The summed E-state index contributed by atoms with van der Waals surface area (Å²) >= 11 is 0. The van der Waals surface area contributed by atoms with Gasteiger partial charge in [-0.25, -0.2) is 9.97 Å². The van der Waals surface area contributed by atoms with Gasteiger partial charge in [0.15, 0.2) is 0 Å². The van der Waals surface area contributed by atoms with Gasteiger partial charge in [0.05, 0.1) is 5.52 Å². The maximum atomic E-state index is 16.8. The smallest absolute Gasteiger partial charge is 0.282 e. The van der Waals surface area contributed by atoms with Crippen LogP contribution in [0.15, 0.2) is 164 Å².